The second-order valence-electron chi connectivity index (χ2n) is 13.4. The molecule has 0 bridgehead atoms. The molecule has 200 valence electrons. The molecule has 0 amide bonds. The molecule has 2 saturated carbocycles. The van der Waals surface area contributed by atoms with Crippen molar-refractivity contribution >= 4 is 0 Å². The van der Waals surface area contributed by atoms with Gasteiger partial charge in [-0.15, -0.1) is 0 Å². The fraction of sp³-hybridized carbons (Fsp3) is 0.268. The molecule has 4 aliphatic carbocycles. The topological polar surface area (TPSA) is 0 Å². The van der Waals surface area contributed by atoms with E-state index in [4.69, 9.17) is 0 Å². The summed E-state index contributed by atoms with van der Waals surface area (Å²) in [5.41, 5.74) is 17.0. The van der Waals surface area contributed by atoms with Gasteiger partial charge in [0.1, 0.15) is 0 Å². The maximum absolute atomic E-state index is 2.62. The molecule has 9 rings (SSSR count). The predicted molar refractivity (Wildman–Crippen MR) is 170 cm³/mol. The molecular weight excluding hydrogens is 492 g/mol. The quantitative estimate of drug-likeness (QED) is 0.214. The zero-order valence-electron chi connectivity index (χ0n) is 23.9. The SMILES string of the molecule is Cc1cc(C2CCC3(C2)c2ccccc2-c2ccccc23)cc(C2CCC3(C2)c2ccccc2-c2ccccc23)c1. The van der Waals surface area contributed by atoms with Crippen molar-refractivity contribution in [2.45, 2.75) is 68.1 Å². The molecule has 2 unspecified atom stereocenters. The minimum absolute atomic E-state index is 0.163. The summed E-state index contributed by atoms with van der Waals surface area (Å²) in [6.07, 6.45) is 7.46. The van der Waals surface area contributed by atoms with Gasteiger partial charge in [-0.25, -0.2) is 0 Å². The zero-order valence-corrected chi connectivity index (χ0v) is 23.9. The first-order valence-electron chi connectivity index (χ1n) is 15.7. The Bertz CT molecular complexity index is 1610. The zero-order chi connectivity index (χ0) is 27.2. The van der Waals surface area contributed by atoms with Crippen molar-refractivity contribution in [2.24, 2.45) is 0 Å². The van der Waals surface area contributed by atoms with Gasteiger partial charge in [-0.3, -0.25) is 0 Å². The third-order valence-corrected chi connectivity index (χ3v) is 11.4. The smallest absolute Gasteiger partial charge is 0.0221 e. The lowest BCUT2D eigenvalue weighted by Crippen LogP contribution is -2.21. The van der Waals surface area contributed by atoms with Gasteiger partial charge in [0.2, 0.25) is 0 Å². The molecule has 0 radical (unpaired) electrons. The van der Waals surface area contributed by atoms with E-state index in [9.17, 15) is 0 Å². The van der Waals surface area contributed by atoms with Gasteiger partial charge in [-0.1, -0.05) is 121 Å². The van der Waals surface area contributed by atoms with E-state index in [1.807, 2.05) is 0 Å². The Morgan fingerprint density at radius 1 is 0.463 bits per heavy atom. The van der Waals surface area contributed by atoms with Crippen LogP contribution in [-0.4, -0.2) is 0 Å². The molecular formula is C41H36. The van der Waals surface area contributed by atoms with Gasteiger partial charge in [-0.2, -0.15) is 0 Å². The largest absolute Gasteiger partial charge is 0.0619 e. The minimum atomic E-state index is 0.163. The highest BCUT2D eigenvalue weighted by atomic mass is 14.5. The van der Waals surface area contributed by atoms with Crippen molar-refractivity contribution in [3.05, 3.63) is 154 Å². The lowest BCUT2D eigenvalue weighted by molar-refractivity contribution is 0.536. The molecule has 0 nitrogen and oxygen atoms in total. The molecule has 0 heterocycles. The second kappa shape index (κ2) is 8.56. The van der Waals surface area contributed by atoms with Crippen LogP contribution in [-0.2, 0) is 10.8 Å². The standard InChI is InChI=1S/C41H36/c1-27-22-30(28-18-20-40(25-28)36-14-6-2-10-32(36)33-11-3-7-15-37(33)40)24-31(23-27)29-19-21-41(26-29)38-16-8-4-12-34(38)35-13-5-9-17-39(35)41/h2-17,22-24,28-29H,18-21,25-26H2,1H3. The first-order chi connectivity index (χ1) is 20.2. The van der Waals surface area contributed by atoms with Crippen molar-refractivity contribution in [1.29, 1.82) is 0 Å². The first-order valence-corrected chi connectivity index (χ1v) is 15.7. The van der Waals surface area contributed by atoms with Gasteiger partial charge in [0.25, 0.3) is 0 Å². The Balaban J connectivity index is 1.07. The van der Waals surface area contributed by atoms with Crippen LogP contribution in [0.4, 0.5) is 0 Å². The fourth-order valence-corrected chi connectivity index (χ4v) is 9.78. The first kappa shape index (κ1) is 23.8. The van der Waals surface area contributed by atoms with E-state index in [1.165, 1.54) is 66.3 Å². The third-order valence-electron chi connectivity index (χ3n) is 11.4. The Hall–Kier alpha value is -3.90. The third kappa shape index (κ3) is 3.22. The van der Waals surface area contributed by atoms with Crippen LogP contribution in [0.2, 0.25) is 0 Å². The maximum Gasteiger partial charge on any atom is 0.0221 e. The second-order valence-corrected chi connectivity index (χ2v) is 13.4. The predicted octanol–water partition coefficient (Wildman–Crippen LogP) is 10.5. The molecule has 2 fully saturated rings. The number of hydrogen-bond acceptors (Lipinski definition) is 0. The van der Waals surface area contributed by atoms with Gasteiger partial charge < -0.3 is 0 Å². The highest BCUT2D eigenvalue weighted by Crippen LogP contribution is 2.62. The Kier molecular flexibility index (Phi) is 4.96. The molecule has 4 aliphatic rings. The average Bonchev–Trinajstić information content (AvgIpc) is 3.79. The Labute approximate surface area is 244 Å². The molecule has 5 aromatic carbocycles. The highest BCUT2D eigenvalue weighted by Gasteiger charge is 2.50. The molecule has 0 N–H and O–H groups in total. The molecule has 41 heavy (non-hydrogen) atoms. The monoisotopic (exact) mass is 528 g/mol. The van der Waals surface area contributed by atoms with Crippen LogP contribution < -0.4 is 0 Å². The van der Waals surface area contributed by atoms with E-state index in [0.29, 0.717) is 11.8 Å². The summed E-state index contributed by atoms with van der Waals surface area (Å²) in [6.45, 7) is 2.32. The van der Waals surface area contributed by atoms with Crippen LogP contribution in [0.25, 0.3) is 22.3 Å². The fourth-order valence-electron chi connectivity index (χ4n) is 9.78. The molecule has 0 heteroatoms. The van der Waals surface area contributed by atoms with Crippen LogP contribution in [0.1, 0.15) is 89.3 Å². The van der Waals surface area contributed by atoms with E-state index in [-0.39, 0.29) is 10.8 Å². The molecule has 0 saturated heterocycles. The Morgan fingerprint density at radius 2 is 0.805 bits per heavy atom. The lowest BCUT2D eigenvalue weighted by atomic mass is 9.75. The van der Waals surface area contributed by atoms with E-state index in [2.05, 4.69) is 122 Å². The van der Waals surface area contributed by atoms with Gasteiger partial charge in [-0.05, 0) is 113 Å². The van der Waals surface area contributed by atoms with Crippen molar-refractivity contribution in [2.75, 3.05) is 0 Å². The molecule has 2 atom stereocenters. The molecule has 5 aromatic rings. The van der Waals surface area contributed by atoms with E-state index >= 15 is 0 Å². The normalized spacial score (nSPS) is 22.1. The minimum Gasteiger partial charge on any atom is -0.0619 e. The van der Waals surface area contributed by atoms with Crippen molar-refractivity contribution in [3.63, 3.8) is 0 Å². The van der Waals surface area contributed by atoms with Gasteiger partial charge in [0.15, 0.2) is 0 Å². The maximum atomic E-state index is 2.62. The van der Waals surface area contributed by atoms with E-state index in [1.54, 1.807) is 33.4 Å². The number of fused-ring (bicyclic) bond motifs is 10. The molecule has 2 spiro atoms. The van der Waals surface area contributed by atoms with E-state index < -0.39 is 0 Å². The summed E-state index contributed by atoms with van der Waals surface area (Å²) in [5, 5.41) is 0. The Morgan fingerprint density at radius 3 is 1.17 bits per heavy atom. The number of rotatable bonds is 2. The summed E-state index contributed by atoms with van der Waals surface area (Å²) in [6, 6.07) is 44.5. The lowest BCUT2D eigenvalue weighted by Gasteiger charge is -2.28. The average molecular weight is 529 g/mol. The van der Waals surface area contributed by atoms with Gasteiger partial charge in [0, 0.05) is 10.8 Å². The van der Waals surface area contributed by atoms with E-state index in [0.717, 1.165) is 0 Å². The van der Waals surface area contributed by atoms with Gasteiger partial charge >= 0.3 is 0 Å². The summed E-state index contributed by atoms with van der Waals surface area (Å²) in [4.78, 5) is 0. The van der Waals surface area contributed by atoms with Crippen LogP contribution >= 0.6 is 0 Å². The summed E-state index contributed by atoms with van der Waals surface area (Å²) < 4.78 is 0. The van der Waals surface area contributed by atoms with Crippen molar-refractivity contribution in [1.82, 2.24) is 0 Å². The van der Waals surface area contributed by atoms with Crippen molar-refractivity contribution < 1.29 is 0 Å². The van der Waals surface area contributed by atoms with Crippen LogP contribution in [0.5, 0.6) is 0 Å². The van der Waals surface area contributed by atoms with Gasteiger partial charge in [0.05, 0.1) is 0 Å². The summed E-state index contributed by atoms with van der Waals surface area (Å²) in [7, 11) is 0. The van der Waals surface area contributed by atoms with Crippen LogP contribution in [0.3, 0.4) is 0 Å². The highest BCUT2D eigenvalue weighted by molar-refractivity contribution is 5.82. The molecule has 0 aliphatic heterocycles. The van der Waals surface area contributed by atoms with Crippen molar-refractivity contribution in [3.8, 4) is 22.3 Å². The van der Waals surface area contributed by atoms with Crippen LogP contribution in [0.15, 0.2) is 115 Å². The number of hydrogen-bond donors (Lipinski definition) is 0. The number of benzene rings is 5. The number of aryl methyl sites for hydroxylation is 1. The van der Waals surface area contributed by atoms with Crippen LogP contribution in [0, 0.1) is 6.92 Å². The summed E-state index contributed by atoms with van der Waals surface area (Å²) in [5.74, 6) is 1.22. The molecule has 0 aromatic heterocycles. The summed E-state index contributed by atoms with van der Waals surface area (Å²) >= 11 is 0.